The zero-order chi connectivity index (χ0) is 17.3. The molecule has 0 radical (unpaired) electrons. The second kappa shape index (κ2) is 5.34. The Morgan fingerprint density at radius 3 is 2.00 bits per heavy atom. The molecule has 6 bridgehead atoms. The fourth-order valence-electron chi connectivity index (χ4n) is 7.69. The van der Waals surface area contributed by atoms with Gasteiger partial charge in [0.2, 0.25) is 5.91 Å². The van der Waals surface area contributed by atoms with E-state index in [1.54, 1.807) is 0 Å². The summed E-state index contributed by atoms with van der Waals surface area (Å²) >= 11 is 0. The summed E-state index contributed by atoms with van der Waals surface area (Å²) in [6.45, 7) is 2.18. The van der Waals surface area contributed by atoms with Crippen LogP contribution < -0.4 is 5.32 Å². The van der Waals surface area contributed by atoms with Crippen LogP contribution >= 0.6 is 0 Å². The summed E-state index contributed by atoms with van der Waals surface area (Å²) in [7, 11) is 0. The predicted molar refractivity (Wildman–Crippen MR) is 93.6 cm³/mol. The maximum atomic E-state index is 13.0. The molecule has 1 amide bonds. The summed E-state index contributed by atoms with van der Waals surface area (Å²) in [4.78, 5) is 24.7. The second-order valence-electron chi connectivity index (χ2n) is 9.85. The number of allylic oxidation sites excluding steroid dienone is 2. The largest absolute Gasteiger partial charge is 0.481 e. The highest BCUT2D eigenvalue weighted by Crippen LogP contribution is 2.61. The molecule has 0 aromatic carbocycles. The first-order valence-corrected chi connectivity index (χ1v) is 10.2. The third-order valence-corrected chi connectivity index (χ3v) is 8.41. The van der Waals surface area contributed by atoms with Crippen LogP contribution in [0.2, 0.25) is 0 Å². The Bertz CT molecular complexity index is 604. The van der Waals surface area contributed by atoms with E-state index in [2.05, 4.69) is 18.3 Å². The zero-order valence-corrected chi connectivity index (χ0v) is 15.0. The fraction of sp³-hybridized carbons (Fsp3) is 0.810. The van der Waals surface area contributed by atoms with Gasteiger partial charge in [0, 0.05) is 6.04 Å². The van der Waals surface area contributed by atoms with Crippen molar-refractivity contribution in [2.45, 2.75) is 57.9 Å². The van der Waals surface area contributed by atoms with E-state index in [1.807, 2.05) is 6.08 Å². The van der Waals surface area contributed by atoms with Gasteiger partial charge < -0.3 is 10.4 Å². The van der Waals surface area contributed by atoms with Gasteiger partial charge in [-0.2, -0.15) is 0 Å². The highest BCUT2D eigenvalue weighted by Gasteiger charge is 2.55. The number of aliphatic carboxylic acids is 1. The van der Waals surface area contributed by atoms with Gasteiger partial charge in [-0.15, -0.1) is 0 Å². The fourth-order valence-corrected chi connectivity index (χ4v) is 7.69. The van der Waals surface area contributed by atoms with Crippen molar-refractivity contribution in [3.8, 4) is 0 Å². The van der Waals surface area contributed by atoms with Gasteiger partial charge in [-0.1, -0.05) is 12.2 Å². The number of fused-ring (bicyclic) bond motifs is 2. The van der Waals surface area contributed by atoms with E-state index in [0.29, 0.717) is 0 Å². The lowest BCUT2D eigenvalue weighted by Crippen LogP contribution is -2.57. The van der Waals surface area contributed by atoms with E-state index in [-0.39, 0.29) is 35.1 Å². The molecule has 6 aliphatic carbocycles. The second-order valence-corrected chi connectivity index (χ2v) is 9.85. The molecule has 0 saturated heterocycles. The third-order valence-electron chi connectivity index (χ3n) is 8.41. The van der Waals surface area contributed by atoms with Gasteiger partial charge in [0.1, 0.15) is 0 Å². The number of rotatable bonds is 4. The number of hydrogen-bond acceptors (Lipinski definition) is 2. The number of hydrogen-bond donors (Lipinski definition) is 2. The monoisotopic (exact) mass is 343 g/mol. The Morgan fingerprint density at radius 2 is 1.48 bits per heavy atom. The summed E-state index contributed by atoms with van der Waals surface area (Å²) in [6, 6.07) is 0.172. The normalized spacial score (nSPS) is 50.2. The van der Waals surface area contributed by atoms with Gasteiger partial charge >= 0.3 is 5.97 Å². The lowest BCUT2D eigenvalue weighted by Gasteiger charge is -2.59. The van der Waals surface area contributed by atoms with E-state index >= 15 is 0 Å². The number of nitrogens with one attached hydrogen (secondary N) is 1. The molecule has 6 aliphatic rings. The van der Waals surface area contributed by atoms with Crippen LogP contribution in [0.25, 0.3) is 0 Å². The Hall–Kier alpha value is -1.32. The van der Waals surface area contributed by atoms with Crippen LogP contribution in [-0.4, -0.2) is 23.0 Å². The highest BCUT2D eigenvalue weighted by atomic mass is 16.4. The van der Waals surface area contributed by atoms with E-state index < -0.39 is 11.9 Å². The Morgan fingerprint density at radius 1 is 0.960 bits per heavy atom. The van der Waals surface area contributed by atoms with Crippen molar-refractivity contribution in [3.63, 3.8) is 0 Å². The lowest BCUT2D eigenvalue weighted by molar-refractivity contribution is -0.148. The number of amides is 1. The Balaban J connectivity index is 1.33. The van der Waals surface area contributed by atoms with E-state index in [1.165, 1.54) is 38.5 Å². The van der Waals surface area contributed by atoms with E-state index in [9.17, 15) is 14.7 Å². The van der Waals surface area contributed by atoms with Crippen LogP contribution in [0, 0.1) is 46.8 Å². The van der Waals surface area contributed by atoms with Crippen LogP contribution in [0.4, 0.5) is 0 Å². The Labute approximate surface area is 149 Å². The highest BCUT2D eigenvalue weighted by molar-refractivity contribution is 5.87. The SMILES string of the molecule is C[C@@H](NC(=O)[C@@H]1[C@@H](C(=O)O)[C@H]2C=C[C@@H]1C2)C12CC3CC(CC(C3)C1)C2. The maximum absolute atomic E-state index is 13.0. The predicted octanol–water partition coefficient (Wildman–Crippen LogP) is 3.23. The van der Waals surface area contributed by atoms with E-state index in [0.717, 1.165) is 24.2 Å². The Kier molecular flexibility index (Phi) is 3.40. The van der Waals surface area contributed by atoms with Crippen molar-refractivity contribution in [1.29, 1.82) is 0 Å². The average Bonchev–Trinajstić information content (AvgIpc) is 3.14. The summed E-state index contributed by atoms with van der Waals surface area (Å²) in [5, 5.41) is 12.9. The molecule has 136 valence electrons. The summed E-state index contributed by atoms with van der Waals surface area (Å²) < 4.78 is 0. The van der Waals surface area contributed by atoms with Crippen LogP contribution in [0.5, 0.6) is 0 Å². The topological polar surface area (TPSA) is 66.4 Å². The molecule has 0 aromatic heterocycles. The van der Waals surface area contributed by atoms with Crippen molar-refractivity contribution in [3.05, 3.63) is 12.2 Å². The molecule has 0 aliphatic heterocycles. The first kappa shape index (κ1) is 15.9. The molecule has 25 heavy (non-hydrogen) atoms. The quantitative estimate of drug-likeness (QED) is 0.770. The van der Waals surface area contributed by atoms with Crippen LogP contribution in [0.15, 0.2) is 12.2 Å². The average molecular weight is 343 g/mol. The first-order valence-electron chi connectivity index (χ1n) is 10.2. The van der Waals surface area contributed by atoms with Crippen LogP contribution in [-0.2, 0) is 9.59 Å². The van der Waals surface area contributed by atoms with Crippen molar-refractivity contribution < 1.29 is 14.7 Å². The van der Waals surface area contributed by atoms with Gasteiger partial charge in [0.25, 0.3) is 0 Å². The smallest absolute Gasteiger partial charge is 0.307 e. The lowest BCUT2D eigenvalue weighted by atomic mass is 9.48. The standard InChI is InChI=1S/C21H29NO3/c1-11(21-8-12-4-13(9-21)6-14(5-12)10-21)22-19(23)17-15-2-3-16(7-15)18(17)20(24)25/h2-3,11-18H,4-10H2,1H3,(H,22,23)(H,24,25)/t11-,12?,13?,14?,15-,16+,17+,18+,21?/m1/s1. The molecule has 0 heterocycles. The molecule has 5 saturated carbocycles. The van der Waals surface area contributed by atoms with Crippen LogP contribution in [0.3, 0.4) is 0 Å². The van der Waals surface area contributed by atoms with Crippen molar-refractivity contribution in [2.24, 2.45) is 46.8 Å². The maximum Gasteiger partial charge on any atom is 0.307 e. The molecule has 0 aromatic rings. The number of carboxylic acids is 1. The molecule has 4 heteroatoms. The zero-order valence-electron chi connectivity index (χ0n) is 15.0. The third kappa shape index (κ3) is 2.32. The molecule has 0 spiro atoms. The summed E-state index contributed by atoms with van der Waals surface area (Å²) in [6.07, 6.45) is 12.9. The van der Waals surface area contributed by atoms with Gasteiger partial charge in [-0.25, -0.2) is 0 Å². The molecular weight excluding hydrogens is 314 g/mol. The molecule has 5 atom stereocenters. The molecular formula is C21H29NO3. The molecule has 5 fully saturated rings. The molecule has 0 unspecified atom stereocenters. The van der Waals surface area contributed by atoms with Gasteiger partial charge in [0.05, 0.1) is 11.8 Å². The van der Waals surface area contributed by atoms with E-state index in [4.69, 9.17) is 0 Å². The van der Waals surface area contributed by atoms with Crippen LogP contribution in [0.1, 0.15) is 51.9 Å². The number of carboxylic acid groups (broad SMARTS) is 1. The minimum Gasteiger partial charge on any atom is -0.481 e. The summed E-state index contributed by atoms with van der Waals surface area (Å²) in [5.41, 5.74) is 0.274. The minimum atomic E-state index is -0.806. The van der Waals surface area contributed by atoms with Crippen molar-refractivity contribution in [2.75, 3.05) is 0 Å². The van der Waals surface area contributed by atoms with Crippen molar-refractivity contribution in [1.82, 2.24) is 5.32 Å². The minimum absolute atomic E-state index is 0.00695. The van der Waals surface area contributed by atoms with Gasteiger partial charge in [-0.3, -0.25) is 9.59 Å². The summed E-state index contributed by atoms with van der Waals surface area (Å²) in [5.74, 6) is 1.05. The van der Waals surface area contributed by atoms with Gasteiger partial charge in [0.15, 0.2) is 0 Å². The van der Waals surface area contributed by atoms with Gasteiger partial charge in [-0.05, 0) is 86.9 Å². The van der Waals surface area contributed by atoms with Crippen molar-refractivity contribution >= 4 is 11.9 Å². The number of carbonyl (C=O) groups excluding carboxylic acids is 1. The molecule has 4 nitrogen and oxygen atoms in total. The first-order chi connectivity index (χ1) is 11.9. The number of carbonyl (C=O) groups is 2. The molecule has 2 N–H and O–H groups in total. The molecule has 6 rings (SSSR count).